The lowest BCUT2D eigenvalue weighted by Crippen LogP contribution is -2.57. The third-order valence-electron chi connectivity index (χ3n) is 17.1. The molecule has 520 valence electrons. The van der Waals surface area contributed by atoms with Gasteiger partial charge in [0, 0.05) is 54.1 Å². The van der Waals surface area contributed by atoms with Crippen molar-refractivity contribution < 1.29 is 89.3 Å². The number of fused-ring (bicyclic) bond motifs is 2. The average molecular weight is 1490 g/mol. The van der Waals surface area contributed by atoms with E-state index in [2.05, 4.69) is 80.4 Å². The number of aliphatic hydroxyl groups is 2. The standard InChI is InChI=1S/C32H41BrN4O9S.C26H31BrN4O7S.C6H12O3/c1-7-17-15-32(17,30(41)36-47(42,43)19-9-10-19)35-28(39)21-13-18(16-37(21)29(40)27(38)31(3,4)5)46-23-14-24(45-8-2)34-26-20(23)11-12-22(44-6)25(26)33;1-4-14-12-26(14,25(33)31-39(34,35)16-6-7-16)30-24(32)18-10-15(13-28-18)38-20-11-21(37-5-2)29-23-17(20)8-9-19(36-3)22(23)27;1-6(2,3)4(7)5(8)9/h7,11-12,14,17-19,21,27,38H,1,8-10,13,15-16H2,2-6H3,(H,35,39)(H,36,41);4,8-9,11,14-16,18,28H,1,5-7,10,12-13H2,2-3H3,(H,30,32)(H,31,33);4,7H,1-3H3,(H,8,9)/t17?,18-,21+,27-,32-;14?,15-,18+,26-;4-/m111/s1. The number of hydrogen-bond acceptors (Lipinski definition) is 21. The number of carboxylic acid groups (broad SMARTS) is 1. The van der Waals surface area contributed by atoms with E-state index in [1.165, 1.54) is 18.1 Å². The quantitative estimate of drug-likeness (QED) is 0.0402. The summed E-state index contributed by atoms with van der Waals surface area (Å²) >= 11 is 7.09. The predicted octanol–water partition coefficient (Wildman–Crippen LogP) is 5.49. The number of nitrogens with one attached hydrogen (secondary N) is 5. The molecule has 4 aliphatic carbocycles. The van der Waals surface area contributed by atoms with Gasteiger partial charge in [0.15, 0.2) is 6.10 Å². The Morgan fingerprint density at radius 2 is 1.12 bits per heavy atom. The van der Waals surface area contributed by atoms with Gasteiger partial charge >= 0.3 is 5.97 Å². The van der Waals surface area contributed by atoms with Crippen LogP contribution in [0.15, 0.2) is 70.7 Å². The molecule has 95 heavy (non-hydrogen) atoms. The summed E-state index contributed by atoms with van der Waals surface area (Å²) in [5, 5.41) is 37.0. The van der Waals surface area contributed by atoms with E-state index in [-0.39, 0.29) is 31.4 Å². The first-order valence-electron chi connectivity index (χ1n) is 31.1. The maximum absolute atomic E-state index is 14.0. The number of benzene rings is 2. The fraction of sp³-hybridized carbons (Fsp3) is 0.562. The second-order valence-corrected chi connectivity index (χ2v) is 31.9. The summed E-state index contributed by atoms with van der Waals surface area (Å²) in [6, 6.07) is 8.78. The molecule has 10 rings (SSSR count). The van der Waals surface area contributed by atoms with Gasteiger partial charge in [-0.05, 0) is 119 Å². The molecule has 0 radical (unpaired) electrons. The van der Waals surface area contributed by atoms with Crippen LogP contribution in [-0.2, 0) is 48.8 Å². The number of aliphatic carboxylic acids is 1. The van der Waals surface area contributed by atoms with Crippen LogP contribution in [0.5, 0.6) is 34.8 Å². The summed E-state index contributed by atoms with van der Waals surface area (Å²) in [5.74, 6) is -2.50. The molecule has 10 atom stereocenters. The first kappa shape index (κ1) is 73.9. The van der Waals surface area contributed by atoms with Crippen molar-refractivity contribution in [1.29, 1.82) is 0 Å². The third-order valence-corrected chi connectivity index (χ3v) is 22.3. The number of aliphatic hydroxyl groups excluding tert-OH is 2. The summed E-state index contributed by atoms with van der Waals surface area (Å²) in [6.45, 7) is 22.4. The van der Waals surface area contributed by atoms with Crippen molar-refractivity contribution in [1.82, 2.24) is 40.3 Å². The highest BCUT2D eigenvalue weighted by atomic mass is 79.9. The van der Waals surface area contributed by atoms with Crippen molar-refractivity contribution in [2.45, 2.75) is 165 Å². The summed E-state index contributed by atoms with van der Waals surface area (Å²) in [5.41, 5.74) is -3.11. The molecule has 4 aromatic rings. The largest absolute Gasteiger partial charge is 0.495 e. The Balaban J connectivity index is 0.000000218. The maximum atomic E-state index is 14.0. The van der Waals surface area contributed by atoms with Gasteiger partial charge in [-0.15, -0.1) is 13.2 Å². The number of aromatic nitrogens is 2. The summed E-state index contributed by atoms with van der Waals surface area (Å²) in [7, 11) is -4.50. The van der Waals surface area contributed by atoms with Crippen LogP contribution < -0.4 is 53.8 Å². The number of sulfonamides is 2. The minimum Gasteiger partial charge on any atom is -0.495 e. The van der Waals surface area contributed by atoms with Crippen LogP contribution in [0, 0.1) is 22.7 Å². The van der Waals surface area contributed by atoms with Gasteiger partial charge in [-0.2, -0.15) is 0 Å². The fourth-order valence-corrected chi connectivity index (χ4v) is 14.9. The lowest BCUT2D eigenvalue weighted by Gasteiger charge is -2.32. The molecule has 8 N–H and O–H groups in total. The minimum atomic E-state index is -3.87. The monoisotopic (exact) mass is 1490 g/mol. The van der Waals surface area contributed by atoms with Gasteiger partial charge < -0.3 is 64.6 Å². The zero-order valence-corrected chi connectivity index (χ0v) is 59.4. The van der Waals surface area contributed by atoms with E-state index in [4.69, 9.17) is 38.6 Å². The van der Waals surface area contributed by atoms with Crippen LogP contribution in [0.2, 0.25) is 0 Å². The molecular weight excluding hydrogens is 1410 g/mol. The number of amides is 5. The Morgan fingerprint density at radius 3 is 1.48 bits per heavy atom. The third kappa shape index (κ3) is 16.7. The number of likely N-dealkylation sites (tertiary alicyclic amines) is 1. The molecule has 2 unspecified atom stereocenters. The van der Waals surface area contributed by atoms with Crippen LogP contribution in [0.4, 0.5) is 0 Å². The number of ether oxygens (including phenoxy) is 6. The molecule has 0 spiro atoms. The molecule has 27 nitrogen and oxygen atoms in total. The SMILES string of the molecule is C=CC1C[C@]1(NC(=O)[C@@H]1C[C@@H](Oc2cc(OCC)nc3c(Br)c(OC)ccc23)CN1)C(=O)NS(=O)(=O)C1CC1.C=CC1C[C@]1(NC(=O)[C@@H]1C[C@@H](Oc2cc(OCC)nc3c(Br)c(OC)ccc23)CN1C(=O)[C@@H](O)C(C)(C)C)C(=O)NS(=O)(=O)C1CC1.CC(C)(C)[C@H](O)C(=O)O. The number of nitrogens with zero attached hydrogens (tertiary/aromatic N) is 3. The smallest absolute Gasteiger partial charge is 0.333 e. The normalized spacial score (nSPS) is 24.4. The number of rotatable bonds is 24. The zero-order valence-electron chi connectivity index (χ0n) is 54.6. The second kappa shape index (κ2) is 29.0. The minimum absolute atomic E-state index is 0.0242. The van der Waals surface area contributed by atoms with Crippen LogP contribution in [0.25, 0.3) is 21.8 Å². The highest BCUT2D eigenvalue weighted by molar-refractivity contribution is 9.11. The molecule has 2 aliphatic heterocycles. The molecule has 0 bridgehead atoms. The number of methoxy groups -OCH3 is 2. The van der Waals surface area contributed by atoms with E-state index >= 15 is 0 Å². The molecule has 2 saturated heterocycles. The molecule has 5 amide bonds. The molecule has 6 fully saturated rings. The van der Waals surface area contributed by atoms with E-state index in [0.717, 1.165) is 5.39 Å². The Hall–Kier alpha value is -6.90. The first-order chi connectivity index (χ1) is 44.5. The Bertz CT molecular complexity index is 3880. The maximum Gasteiger partial charge on any atom is 0.333 e. The topological polar surface area (TPSA) is 376 Å². The van der Waals surface area contributed by atoms with Crippen molar-refractivity contribution >= 4 is 109 Å². The van der Waals surface area contributed by atoms with Crippen molar-refractivity contribution in [3.8, 4) is 34.8 Å². The molecule has 2 aromatic carbocycles. The average Bonchev–Trinajstić information content (AvgIpc) is 1.58. The Labute approximate surface area is 568 Å². The molecule has 4 saturated carbocycles. The van der Waals surface area contributed by atoms with Crippen molar-refractivity contribution in [2.24, 2.45) is 22.7 Å². The first-order valence-corrected chi connectivity index (χ1v) is 35.8. The van der Waals surface area contributed by atoms with Crippen molar-refractivity contribution in [3.63, 3.8) is 0 Å². The molecule has 2 aromatic heterocycles. The fourth-order valence-electron chi connectivity index (χ4n) is 11.0. The van der Waals surface area contributed by atoms with E-state index in [9.17, 15) is 50.7 Å². The van der Waals surface area contributed by atoms with Crippen LogP contribution in [0.3, 0.4) is 0 Å². The van der Waals surface area contributed by atoms with Gasteiger partial charge in [0.1, 0.15) is 58.4 Å². The molecule has 4 heterocycles. The highest BCUT2D eigenvalue weighted by Crippen LogP contribution is 2.48. The molecule has 6 aliphatic rings. The van der Waals surface area contributed by atoms with E-state index in [0.29, 0.717) is 118 Å². The van der Waals surface area contributed by atoms with Gasteiger partial charge in [-0.3, -0.25) is 33.4 Å². The van der Waals surface area contributed by atoms with E-state index < -0.39 is 124 Å². The van der Waals surface area contributed by atoms with Gasteiger partial charge in [0.25, 0.3) is 17.7 Å². The number of hydrogen-bond donors (Lipinski definition) is 8. The van der Waals surface area contributed by atoms with Gasteiger partial charge in [0.05, 0.1) is 70.5 Å². The molecule has 31 heteroatoms. The Morgan fingerprint density at radius 1 is 0.684 bits per heavy atom. The molecular formula is C64H84Br2N8O19S2. The summed E-state index contributed by atoms with van der Waals surface area (Å²) in [6.07, 6.45) is 2.10. The van der Waals surface area contributed by atoms with Crippen molar-refractivity contribution in [3.05, 3.63) is 70.7 Å². The number of halogens is 2. The van der Waals surface area contributed by atoms with Crippen molar-refractivity contribution in [2.75, 3.05) is 40.5 Å². The van der Waals surface area contributed by atoms with Gasteiger partial charge in [-0.1, -0.05) is 53.7 Å². The number of carboxylic acids is 1. The van der Waals surface area contributed by atoms with Gasteiger partial charge in [-0.25, -0.2) is 31.6 Å². The van der Waals surface area contributed by atoms with Crippen LogP contribution in [-0.4, -0.2) is 181 Å². The Kier molecular flexibility index (Phi) is 22.6. The van der Waals surface area contributed by atoms with Gasteiger partial charge in [0.2, 0.25) is 43.6 Å². The lowest BCUT2D eigenvalue weighted by molar-refractivity contribution is -0.152. The van der Waals surface area contributed by atoms with E-state index in [1.54, 1.807) is 79.0 Å². The van der Waals surface area contributed by atoms with Crippen LogP contribution >= 0.6 is 31.9 Å². The van der Waals surface area contributed by atoms with E-state index in [1.807, 2.05) is 26.0 Å². The zero-order chi connectivity index (χ0) is 70.1. The number of carbonyl (C=O) groups is 6. The lowest BCUT2D eigenvalue weighted by atomic mass is 9.88. The summed E-state index contributed by atoms with van der Waals surface area (Å²) in [4.78, 5) is 87.6. The second-order valence-electron chi connectivity index (χ2n) is 26.4. The highest BCUT2D eigenvalue weighted by Gasteiger charge is 2.63. The number of carbonyl (C=O) groups excluding carboxylic acids is 5. The predicted molar refractivity (Wildman–Crippen MR) is 357 cm³/mol. The van der Waals surface area contributed by atoms with Crippen LogP contribution in [0.1, 0.15) is 107 Å². The number of pyridine rings is 2. The summed E-state index contributed by atoms with van der Waals surface area (Å²) < 4.78 is 90.3.